The Hall–Kier alpha value is -1.57. The molecule has 0 fully saturated rings. The van der Waals surface area contributed by atoms with Crippen molar-refractivity contribution in [3.8, 4) is 0 Å². The Morgan fingerprint density at radius 1 is 0.882 bits per heavy atom. The van der Waals surface area contributed by atoms with E-state index in [2.05, 4.69) is 85.2 Å². The molecule has 1 unspecified atom stereocenters. The molecular formula is C28H35BrO3SSi. The van der Waals surface area contributed by atoms with Gasteiger partial charge in [-0.05, 0) is 33.5 Å². The van der Waals surface area contributed by atoms with Crippen molar-refractivity contribution in [3.05, 3.63) is 91.0 Å². The minimum atomic E-state index is -2.68. The first-order valence-corrected chi connectivity index (χ1v) is 15.8. The molecule has 1 N–H and O–H groups in total. The van der Waals surface area contributed by atoms with Crippen LogP contribution >= 0.6 is 15.9 Å². The van der Waals surface area contributed by atoms with Crippen LogP contribution in [0.3, 0.4) is 0 Å². The second kappa shape index (κ2) is 11.9. The molecule has 0 bridgehead atoms. The number of hydrogen-bond acceptors (Lipinski definition) is 3. The van der Waals surface area contributed by atoms with Gasteiger partial charge in [-0.1, -0.05) is 122 Å². The summed E-state index contributed by atoms with van der Waals surface area (Å²) in [5.41, 5.74) is 0. The number of halogens is 1. The summed E-state index contributed by atoms with van der Waals surface area (Å²) in [6.07, 6.45) is -0.689. The number of benzene rings is 3. The van der Waals surface area contributed by atoms with Gasteiger partial charge in [-0.15, -0.1) is 0 Å². The van der Waals surface area contributed by atoms with Crippen molar-refractivity contribution in [2.75, 3.05) is 12.4 Å². The van der Waals surface area contributed by atoms with E-state index in [4.69, 9.17) is 4.43 Å². The van der Waals surface area contributed by atoms with E-state index in [1.165, 1.54) is 10.4 Å². The largest absolute Gasteiger partial charge is 0.406 e. The zero-order valence-electron chi connectivity index (χ0n) is 20.4. The van der Waals surface area contributed by atoms with Crippen LogP contribution in [0, 0.1) is 5.92 Å². The predicted octanol–water partition coefficient (Wildman–Crippen LogP) is 5.13. The third-order valence-electron chi connectivity index (χ3n) is 6.25. The second-order valence-electron chi connectivity index (χ2n) is 9.78. The van der Waals surface area contributed by atoms with E-state index < -0.39 is 25.2 Å². The first-order valence-electron chi connectivity index (χ1n) is 11.7. The molecule has 0 amide bonds. The number of hydrogen-bond donors (Lipinski definition) is 1. The highest BCUT2D eigenvalue weighted by Crippen LogP contribution is 2.37. The van der Waals surface area contributed by atoms with Crippen molar-refractivity contribution in [2.45, 2.75) is 48.6 Å². The fourth-order valence-corrected chi connectivity index (χ4v) is 11.2. The molecule has 3 nitrogen and oxygen atoms in total. The van der Waals surface area contributed by atoms with E-state index in [9.17, 15) is 9.32 Å². The van der Waals surface area contributed by atoms with Crippen LogP contribution in [-0.2, 0) is 15.2 Å². The summed E-state index contributed by atoms with van der Waals surface area (Å²) in [5.74, 6) is 0.236. The van der Waals surface area contributed by atoms with Crippen LogP contribution in [0.5, 0.6) is 0 Å². The third kappa shape index (κ3) is 6.16. The molecular weight excluding hydrogens is 524 g/mol. The Morgan fingerprint density at radius 3 is 1.76 bits per heavy atom. The highest BCUT2D eigenvalue weighted by Gasteiger charge is 2.50. The van der Waals surface area contributed by atoms with Crippen molar-refractivity contribution in [1.82, 2.24) is 0 Å². The Kier molecular flexibility index (Phi) is 9.47. The van der Waals surface area contributed by atoms with Crippen LogP contribution < -0.4 is 10.4 Å². The molecule has 0 aromatic heterocycles. The van der Waals surface area contributed by atoms with Gasteiger partial charge in [0.1, 0.15) is 0 Å². The van der Waals surface area contributed by atoms with Gasteiger partial charge in [-0.3, -0.25) is 4.21 Å². The fourth-order valence-electron chi connectivity index (χ4n) is 4.43. The van der Waals surface area contributed by atoms with Gasteiger partial charge in [0.2, 0.25) is 0 Å². The van der Waals surface area contributed by atoms with Gasteiger partial charge in [0.05, 0.1) is 21.7 Å². The van der Waals surface area contributed by atoms with Crippen LogP contribution in [0.25, 0.3) is 0 Å². The molecule has 0 spiro atoms. The monoisotopic (exact) mass is 558 g/mol. The molecule has 0 heterocycles. The zero-order chi connectivity index (χ0) is 24.8. The van der Waals surface area contributed by atoms with Crippen molar-refractivity contribution in [2.24, 2.45) is 5.92 Å². The Labute approximate surface area is 216 Å². The summed E-state index contributed by atoms with van der Waals surface area (Å²) in [5, 5.41) is 13.4. The molecule has 0 saturated heterocycles. The Balaban J connectivity index is 1.81. The molecule has 34 heavy (non-hydrogen) atoms. The Morgan fingerprint density at radius 2 is 1.32 bits per heavy atom. The molecule has 4 atom stereocenters. The average Bonchev–Trinajstić information content (AvgIpc) is 2.84. The molecule has 182 valence electrons. The standard InChI is InChI=1S/C28H35BrO3SSi/c1-22(21-33(31)23-14-8-5-9-15-23)27(30)26(29)20-32-34(28(2,3)4,24-16-10-6-11-17-24)25-18-12-7-13-19-25/h5-19,22,26-27,30H,20-21H2,1-4H3/t22-,26+,27+,33?/m0/s1. The number of alkyl halides is 1. The first kappa shape index (κ1) is 27.0. The second-order valence-corrected chi connectivity index (χ2v) is 16.8. The maximum atomic E-state index is 12.8. The van der Waals surface area contributed by atoms with Crippen molar-refractivity contribution in [3.63, 3.8) is 0 Å². The van der Waals surface area contributed by atoms with E-state index in [1.54, 1.807) is 0 Å². The maximum Gasteiger partial charge on any atom is 0.261 e. The summed E-state index contributed by atoms with van der Waals surface area (Å²) in [4.78, 5) is 0.508. The van der Waals surface area contributed by atoms with Gasteiger partial charge < -0.3 is 9.53 Å². The molecule has 0 aliphatic rings. The minimum absolute atomic E-state index is 0.131. The van der Waals surface area contributed by atoms with E-state index >= 15 is 0 Å². The van der Waals surface area contributed by atoms with E-state index in [0.29, 0.717) is 12.4 Å². The summed E-state index contributed by atoms with van der Waals surface area (Å²) in [6, 6.07) is 30.4. The number of aliphatic hydroxyl groups is 1. The van der Waals surface area contributed by atoms with Crippen LogP contribution in [0.2, 0.25) is 5.04 Å². The smallest absolute Gasteiger partial charge is 0.261 e. The van der Waals surface area contributed by atoms with Gasteiger partial charge in [0.15, 0.2) is 0 Å². The topological polar surface area (TPSA) is 46.5 Å². The van der Waals surface area contributed by atoms with Gasteiger partial charge in [0.25, 0.3) is 8.32 Å². The molecule has 3 rings (SSSR count). The van der Waals surface area contributed by atoms with E-state index in [1.807, 2.05) is 49.4 Å². The molecule has 3 aromatic carbocycles. The van der Waals surface area contributed by atoms with Gasteiger partial charge in [-0.2, -0.15) is 0 Å². The first-order chi connectivity index (χ1) is 16.2. The highest BCUT2D eigenvalue weighted by atomic mass is 79.9. The molecule has 0 aliphatic heterocycles. The molecule has 0 aliphatic carbocycles. The minimum Gasteiger partial charge on any atom is -0.406 e. The lowest BCUT2D eigenvalue weighted by Gasteiger charge is -2.43. The number of aliphatic hydroxyl groups excluding tert-OH is 1. The molecule has 0 saturated carbocycles. The lowest BCUT2D eigenvalue weighted by molar-refractivity contribution is 0.106. The lowest BCUT2D eigenvalue weighted by atomic mass is 10.0. The van der Waals surface area contributed by atoms with Crippen molar-refractivity contribution in [1.29, 1.82) is 0 Å². The fraction of sp³-hybridized carbons (Fsp3) is 0.357. The Bertz CT molecular complexity index is 1000. The van der Waals surface area contributed by atoms with Crippen molar-refractivity contribution < 1.29 is 13.7 Å². The van der Waals surface area contributed by atoms with Crippen LogP contribution in [0.15, 0.2) is 95.9 Å². The molecule has 0 radical (unpaired) electrons. The van der Waals surface area contributed by atoms with Crippen LogP contribution in [0.4, 0.5) is 0 Å². The van der Waals surface area contributed by atoms with Gasteiger partial charge >= 0.3 is 0 Å². The third-order valence-corrected chi connectivity index (χ3v) is 13.7. The summed E-state index contributed by atoms with van der Waals surface area (Å²) >= 11 is 3.70. The number of rotatable bonds is 10. The van der Waals surface area contributed by atoms with Gasteiger partial charge in [-0.25, -0.2) is 0 Å². The molecule has 6 heteroatoms. The van der Waals surface area contributed by atoms with Crippen LogP contribution in [0.1, 0.15) is 27.7 Å². The van der Waals surface area contributed by atoms with Gasteiger partial charge in [0, 0.05) is 17.3 Å². The van der Waals surface area contributed by atoms with E-state index in [-0.39, 0.29) is 15.8 Å². The van der Waals surface area contributed by atoms with E-state index in [0.717, 1.165) is 4.90 Å². The summed E-state index contributed by atoms with van der Waals surface area (Å²) in [6.45, 7) is 9.03. The summed E-state index contributed by atoms with van der Waals surface area (Å²) in [7, 11) is -3.84. The average molecular weight is 560 g/mol. The molecule has 3 aromatic rings. The normalized spacial score (nSPS) is 15.9. The predicted molar refractivity (Wildman–Crippen MR) is 149 cm³/mol. The quantitative estimate of drug-likeness (QED) is 0.277. The maximum absolute atomic E-state index is 12.8. The zero-order valence-corrected chi connectivity index (χ0v) is 23.8. The highest BCUT2D eigenvalue weighted by molar-refractivity contribution is 9.09. The SMILES string of the molecule is C[C@@H](CS(=O)c1ccccc1)[C@@H](O)[C@H](Br)CO[Si](c1ccccc1)(c1ccccc1)C(C)(C)C. The lowest BCUT2D eigenvalue weighted by Crippen LogP contribution is -2.67. The van der Waals surface area contributed by atoms with Crippen molar-refractivity contribution >= 4 is 45.4 Å². The van der Waals surface area contributed by atoms with Crippen LogP contribution in [-0.4, -0.2) is 40.9 Å². The summed E-state index contributed by atoms with van der Waals surface area (Å²) < 4.78 is 19.7.